The predicted octanol–water partition coefficient (Wildman–Crippen LogP) is 2.95. The van der Waals surface area contributed by atoms with Crippen LogP contribution in [0.5, 0.6) is 0 Å². The van der Waals surface area contributed by atoms with Gasteiger partial charge in [-0.2, -0.15) is 0 Å². The lowest BCUT2D eigenvalue weighted by atomic mass is 10.0. The monoisotopic (exact) mass is 288 g/mol. The van der Waals surface area contributed by atoms with Crippen molar-refractivity contribution in [2.75, 3.05) is 12.5 Å². The van der Waals surface area contributed by atoms with Gasteiger partial charge < -0.3 is 4.74 Å². The van der Waals surface area contributed by atoms with E-state index in [1.165, 1.54) is 0 Å². The molecule has 1 rings (SSSR count). The number of Topliss-reactive ketones (excluding diaryl/α,β-unsaturated/α-hetero) is 1. The lowest BCUT2D eigenvalue weighted by Gasteiger charge is -2.08. The van der Waals surface area contributed by atoms with Crippen molar-refractivity contribution in [1.29, 1.82) is 0 Å². The van der Waals surface area contributed by atoms with Crippen molar-refractivity contribution in [3.8, 4) is 0 Å². The highest BCUT2D eigenvalue weighted by Crippen LogP contribution is 2.16. The summed E-state index contributed by atoms with van der Waals surface area (Å²) in [4.78, 5) is 22.9. The highest BCUT2D eigenvalue weighted by Gasteiger charge is 2.13. The first-order valence-electron chi connectivity index (χ1n) is 5.54. The molecular formula is C13H14Cl2O3. The Morgan fingerprint density at radius 3 is 2.56 bits per heavy atom. The van der Waals surface area contributed by atoms with E-state index in [2.05, 4.69) is 0 Å². The van der Waals surface area contributed by atoms with Gasteiger partial charge in [-0.3, -0.25) is 4.79 Å². The molecule has 0 radical (unpaired) electrons. The van der Waals surface area contributed by atoms with Gasteiger partial charge in [0, 0.05) is 12.3 Å². The van der Waals surface area contributed by atoms with Gasteiger partial charge in [-0.05, 0) is 24.1 Å². The van der Waals surface area contributed by atoms with Gasteiger partial charge in [-0.1, -0.05) is 12.1 Å². The zero-order chi connectivity index (χ0) is 13.5. The maximum Gasteiger partial charge on any atom is 0.338 e. The molecule has 1 aromatic carbocycles. The second kappa shape index (κ2) is 7.39. The summed E-state index contributed by atoms with van der Waals surface area (Å²) in [5.74, 6) is -0.295. The maximum absolute atomic E-state index is 11.6. The third kappa shape index (κ3) is 4.00. The quantitative estimate of drug-likeness (QED) is 0.597. The molecule has 0 aromatic heterocycles. The zero-order valence-corrected chi connectivity index (χ0v) is 11.6. The Bertz CT molecular complexity index is 444. The summed E-state index contributed by atoms with van der Waals surface area (Å²) in [6, 6.07) is 5.09. The van der Waals surface area contributed by atoms with Crippen molar-refractivity contribution < 1.29 is 14.3 Å². The molecule has 0 N–H and O–H groups in total. The van der Waals surface area contributed by atoms with Crippen LogP contribution in [-0.4, -0.2) is 24.2 Å². The van der Waals surface area contributed by atoms with E-state index in [0.29, 0.717) is 17.7 Å². The Labute approximate surface area is 116 Å². The summed E-state index contributed by atoms with van der Waals surface area (Å²) in [6.07, 6.45) is 0.247. The molecule has 0 aliphatic carbocycles. The van der Waals surface area contributed by atoms with Crippen LogP contribution in [0.3, 0.4) is 0 Å². The molecule has 18 heavy (non-hydrogen) atoms. The second-order valence-electron chi connectivity index (χ2n) is 3.69. The lowest BCUT2D eigenvalue weighted by Crippen LogP contribution is -2.09. The minimum atomic E-state index is -0.400. The molecule has 1 aromatic rings. The smallest absolute Gasteiger partial charge is 0.338 e. The van der Waals surface area contributed by atoms with Crippen molar-refractivity contribution in [3.05, 3.63) is 34.9 Å². The van der Waals surface area contributed by atoms with Gasteiger partial charge in [-0.15, -0.1) is 23.2 Å². The van der Waals surface area contributed by atoms with E-state index >= 15 is 0 Å². The summed E-state index contributed by atoms with van der Waals surface area (Å²) in [5, 5.41) is 0. The number of ketones is 1. The second-order valence-corrected chi connectivity index (χ2v) is 4.23. The van der Waals surface area contributed by atoms with Crippen LogP contribution < -0.4 is 0 Å². The fourth-order valence-corrected chi connectivity index (χ4v) is 1.87. The van der Waals surface area contributed by atoms with Crippen molar-refractivity contribution in [1.82, 2.24) is 0 Å². The Kier molecular flexibility index (Phi) is 6.16. The first-order chi connectivity index (χ1) is 8.62. The number of ether oxygens (including phenoxy) is 1. The van der Waals surface area contributed by atoms with Crippen molar-refractivity contribution >= 4 is 35.0 Å². The normalized spacial score (nSPS) is 10.2. The Morgan fingerprint density at radius 2 is 2.00 bits per heavy atom. The molecule has 0 unspecified atom stereocenters. The minimum absolute atomic E-state index is 0.0180. The fourth-order valence-electron chi connectivity index (χ4n) is 1.55. The molecule has 98 valence electrons. The molecular weight excluding hydrogens is 275 g/mol. The molecule has 0 saturated carbocycles. The van der Waals surface area contributed by atoms with Gasteiger partial charge in [0.25, 0.3) is 0 Å². The van der Waals surface area contributed by atoms with Crippen LogP contribution in [0, 0.1) is 0 Å². The van der Waals surface area contributed by atoms with E-state index in [4.69, 9.17) is 27.9 Å². The summed E-state index contributed by atoms with van der Waals surface area (Å²) in [5.41, 5.74) is 1.90. The van der Waals surface area contributed by atoms with Gasteiger partial charge in [0.05, 0.1) is 18.1 Å². The van der Waals surface area contributed by atoms with Crippen LogP contribution in [0.1, 0.15) is 28.4 Å². The first-order valence-corrected chi connectivity index (χ1v) is 6.61. The van der Waals surface area contributed by atoms with Crippen LogP contribution in [-0.2, 0) is 21.8 Å². The molecule has 0 heterocycles. The van der Waals surface area contributed by atoms with Crippen molar-refractivity contribution in [2.45, 2.75) is 19.2 Å². The maximum atomic E-state index is 11.6. The summed E-state index contributed by atoms with van der Waals surface area (Å²) >= 11 is 11.2. The summed E-state index contributed by atoms with van der Waals surface area (Å²) in [6.45, 7) is 2.05. The molecule has 0 bridgehead atoms. The van der Waals surface area contributed by atoms with Crippen LogP contribution >= 0.6 is 23.2 Å². The van der Waals surface area contributed by atoms with E-state index in [1.54, 1.807) is 25.1 Å². The average molecular weight is 289 g/mol. The topological polar surface area (TPSA) is 43.4 Å². The summed E-state index contributed by atoms with van der Waals surface area (Å²) in [7, 11) is 0. The van der Waals surface area contributed by atoms with Gasteiger partial charge in [0.2, 0.25) is 0 Å². The van der Waals surface area contributed by atoms with E-state index < -0.39 is 5.97 Å². The van der Waals surface area contributed by atoms with Crippen molar-refractivity contribution in [2.24, 2.45) is 0 Å². The molecule has 3 nitrogen and oxygen atoms in total. The van der Waals surface area contributed by atoms with E-state index in [-0.39, 0.29) is 24.0 Å². The van der Waals surface area contributed by atoms with Gasteiger partial charge in [-0.25, -0.2) is 4.79 Å². The average Bonchev–Trinajstić information content (AvgIpc) is 2.38. The zero-order valence-electron chi connectivity index (χ0n) is 10.0. The largest absolute Gasteiger partial charge is 0.462 e. The van der Waals surface area contributed by atoms with Gasteiger partial charge >= 0.3 is 5.97 Å². The number of carbonyl (C=O) groups is 2. The number of rotatable bonds is 6. The molecule has 0 saturated heterocycles. The number of halogens is 2. The minimum Gasteiger partial charge on any atom is -0.462 e. The third-order valence-electron chi connectivity index (χ3n) is 2.36. The summed E-state index contributed by atoms with van der Waals surface area (Å²) < 4.78 is 4.93. The Hall–Kier alpha value is -1.06. The first kappa shape index (κ1) is 15.0. The Balaban J connectivity index is 2.96. The molecule has 5 heteroatoms. The van der Waals surface area contributed by atoms with Crippen LogP contribution in [0.2, 0.25) is 0 Å². The van der Waals surface area contributed by atoms with Crippen LogP contribution in [0.15, 0.2) is 18.2 Å². The number of carbonyl (C=O) groups excluding carboxylic acids is 2. The SMILES string of the molecule is CCOC(=O)c1ccc(CC(=O)CCl)cc1CCl. The van der Waals surface area contributed by atoms with Gasteiger partial charge in [0.1, 0.15) is 0 Å². The van der Waals surface area contributed by atoms with Crippen molar-refractivity contribution in [3.63, 3.8) is 0 Å². The standard InChI is InChI=1S/C13H14Cl2O3/c1-2-18-13(17)12-4-3-9(5-10(12)7-14)6-11(16)8-15/h3-5H,2,6-8H2,1H3. The number of benzene rings is 1. The lowest BCUT2D eigenvalue weighted by molar-refractivity contribution is -0.116. The van der Waals surface area contributed by atoms with E-state index in [1.807, 2.05) is 0 Å². The number of esters is 1. The predicted molar refractivity (Wildman–Crippen MR) is 71.4 cm³/mol. The van der Waals surface area contributed by atoms with E-state index in [0.717, 1.165) is 5.56 Å². The Morgan fingerprint density at radius 1 is 1.28 bits per heavy atom. The molecule has 0 amide bonds. The molecule has 0 aliphatic heterocycles. The number of hydrogen-bond acceptors (Lipinski definition) is 3. The number of hydrogen-bond donors (Lipinski definition) is 0. The van der Waals surface area contributed by atoms with E-state index in [9.17, 15) is 9.59 Å². The highest BCUT2D eigenvalue weighted by atomic mass is 35.5. The molecule has 0 fully saturated rings. The van der Waals surface area contributed by atoms with Gasteiger partial charge in [0.15, 0.2) is 5.78 Å². The van der Waals surface area contributed by atoms with Crippen LogP contribution in [0.25, 0.3) is 0 Å². The number of alkyl halides is 2. The molecule has 0 spiro atoms. The fraction of sp³-hybridized carbons (Fsp3) is 0.385. The third-order valence-corrected chi connectivity index (χ3v) is 2.95. The molecule has 0 atom stereocenters. The molecule has 0 aliphatic rings. The highest BCUT2D eigenvalue weighted by molar-refractivity contribution is 6.27. The van der Waals surface area contributed by atoms with Crippen LogP contribution in [0.4, 0.5) is 0 Å².